The molecule has 0 saturated heterocycles. The van der Waals surface area contributed by atoms with Crippen molar-refractivity contribution in [1.29, 1.82) is 0 Å². The van der Waals surface area contributed by atoms with E-state index in [1.165, 1.54) is 11.0 Å². The van der Waals surface area contributed by atoms with E-state index in [0.717, 1.165) is 12.1 Å². The van der Waals surface area contributed by atoms with Gasteiger partial charge in [-0.15, -0.1) is 0 Å². The summed E-state index contributed by atoms with van der Waals surface area (Å²) in [5, 5.41) is 0. The largest absolute Gasteiger partial charge is 0.416 e. The summed E-state index contributed by atoms with van der Waals surface area (Å²) >= 11 is 0. The number of rotatable bonds is 2. The number of carbonyl (C=O) groups is 1. The van der Waals surface area contributed by atoms with Crippen molar-refractivity contribution in [1.82, 2.24) is 19.3 Å². The highest BCUT2D eigenvalue weighted by molar-refractivity contribution is 5.98. The minimum absolute atomic E-state index is 0.105. The van der Waals surface area contributed by atoms with E-state index >= 15 is 0 Å². The van der Waals surface area contributed by atoms with Crippen LogP contribution in [0.1, 0.15) is 33.1 Å². The number of fused-ring (bicyclic) bond motifs is 4. The Morgan fingerprint density at radius 1 is 1.22 bits per heavy atom. The van der Waals surface area contributed by atoms with Gasteiger partial charge in [0.25, 0.3) is 5.91 Å². The third-order valence-corrected chi connectivity index (χ3v) is 5.78. The zero-order chi connectivity index (χ0) is 22.6. The van der Waals surface area contributed by atoms with Crippen molar-refractivity contribution < 1.29 is 22.7 Å². The smallest absolute Gasteiger partial charge is 0.382 e. The van der Waals surface area contributed by atoms with Crippen LogP contribution in [0.4, 0.5) is 19.0 Å². The molecule has 2 aromatic heterocycles. The monoisotopic (exact) mass is 441 g/mol. The van der Waals surface area contributed by atoms with Gasteiger partial charge in [0.15, 0.2) is 0 Å². The molecule has 3 heterocycles. The van der Waals surface area contributed by atoms with Crippen LogP contribution in [0.5, 0.6) is 0 Å². The molecule has 2 aromatic carbocycles. The zero-order valence-corrected chi connectivity index (χ0v) is 16.9. The van der Waals surface area contributed by atoms with Gasteiger partial charge >= 0.3 is 6.18 Å². The third kappa shape index (κ3) is 3.23. The number of hydrogen-bond donors (Lipinski definition) is 1. The molecule has 0 spiro atoms. The van der Waals surface area contributed by atoms with Gasteiger partial charge in [0, 0.05) is 12.6 Å². The normalized spacial score (nSPS) is 16.3. The first-order chi connectivity index (χ1) is 15.2. The molecule has 0 radical (unpaired) electrons. The van der Waals surface area contributed by atoms with Gasteiger partial charge in [-0.3, -0.25) is 9.20 Å². The van der Waals surface area contributed by atoms with Gasteiger partial charge in [0.1, 0.15) is 11.3 Å². The minimum atomic E-state index is -4.47. The maximum atomic E-state index is 13.3. The van der Waals surface area contributed by atoms with Gasteiger partial charge in [-0.1, -0.05) is 6.07 Å². The minimum Gasteiger partial charge on any atom is -0.382 e. The number of nitrogens with zero attached hydrogens (tertiary/aromatic N) is 4. The first-order valence-corrected chi connectivity index (χ1v) is 9.80. The number of imidazole rings is 1. The average molecular weight is 441 g/mol. The zero-order valence-electron chi connectivity index (χ0n) is 16.9. The number of ether oxygens (including phenoxy) is 1. The highest BCUT2D eigenvalue weighted by Gasteiger charge is 2.34. The maximum Gasteiger partial charge on any atom is 0.416 e. The van der Waals surface area contributed by atoms with Crippen molar-refractivity contribution in [2.75, 3.05) is 19.4 Å². The van der Waals surface area contributed by atoms with Crippen molar-refractivity contribution in [2.24, 2.45) is 0 Å². The lowest BCUT2D eigenvalue weighted by molar-refractivity contribution is -0.137. The van der Waals surface area contributed by atoms with E-state index in [1.807, 2.05) is 0 Å². The number of alkyl halides is 3. The van der Waals surface area contributed by atoms with E-state index in [2.05, 4.69) is 9.97 Å². The predicted octanol–water partition coefficient (Wildman–Crippen LogP) is 3.83. The number of likely N-dealkylation sites (N-methyl/N-ethyl adjacent to an activating group) is 1. The molecular weight excluding hydrogens is 423 g/mol. The second kappa shape index (κ2) is 7.20. The van der Waals surface area contributed by atoms with Crippen molar-refractivity contribution in [3.8, 4) is 0 Å². The number of halogens is 3. The molecule has 2 N–H and O–H groups in total. The molecule has 0 aliphatic carbocycles. The number of carbonyl (C=O) groups excluding carboxylic acids is 1. The average Bonchev–Trinajstić information content (AvgIpc) is 3.28. The molecule has 0 fully saturated rings. The Bertz CT molecular complexity index is 1370. The molecule has 1 atom stereocenters. The van der Waals surface area contributed by atoms with E-state index in [9.17, 15) is 18.0 Å². The molecule has 0 bridgehead atoms. The van der Waals surface area contributed by atoms with Crippen LogP contribution in [0.25, 0.3) is 16.6 Å². The Morgan fingerprint density at radius 2 is 2.03 bits per heavy atom. The molecule has 10 heteroatoms. The van der Waals surface area contributed by atoms with Gasteiger partial charge < -0.3 is 15.4 Å². The van der Waals surface area contributed by atoms with E-state index in [0.29, 0.717) is 39.1 Å². The summed E-state index contributed by atoms with van der Waals surface area (Å²) in [4.78, 5) is 23.1. The molecule has 7 nitrogen and oxygen atoms in total. The summed E-state index contributed by atoms with van der Waals surface area (Å²) in [5.74, 6) is -0.0292. The molecule has 4 aromatic rings. The predicted molar refractivity (Wildman–Crippen MR) is 111 cm³/mol. The van der Waals surface area contributed by atoms with Crippen LogP contribution in [0, 0.1) is 0 Å². The van der Waals surface area contributed by atoms with Gasteiger partial charge in [-0.2, -0.15) is 13.2 Å². The fourth-order valence-corrected chi connectivity index (χ4v) is 4.06. The third-order valence-electron chi connectivity index (χ3n) is 5.78. The molecular formula is C22H18F3N5O2. The van der Waals surface area contributed by atoms with Crippen molar-refractivity contribution in [2.45, 2.75) is 18.8 Å². The van der Waals surface area contributed by atoms with E-state index < -0.39 is 17.8 Å². The van der Waals surface area contributed by atoms with Crippen LogP contribution >= 0.6 is 0 Å². The van der Waals surface area contributed by atoms with E-state index in [-0.39, 0.29) is 19.1 Å². The standard InChI is InChI=1S/C22H18F3N5O2/c1-29(19-10-32-9-13-2-4-14(7-15(13)19)22(23,24)25)21(31)12-3-5-16-17(6-12)30-11-27-8-18(30)20(26)28-16/h2-8,11,19H,9-10H2,1H3,(H2,26,28)/t19-/m1/s1. The Morgan fingerprint density at radius 3 is 2.81 bits per heavy atom. The number of hydrogen-bond acceptors (Lipinski definition) is 5. The summed E-state index contributed by atoms with van der Waals surface area (Å²) < 4.78 is 47.1. The molecule has 1 amide bonds. The Balaban J connectivity index is 1.53. The lowest BCUT2D eigenvalue weighted by atomic mass is 9.95. The van der Waals surface area contributed by atoms with Gasteiger partial charge in [0.05, 0.1) is 48.4 Å². The topological polar surface area (TPSA) is 85.8 Å². The van der Waals surface area contributed by atoms with Crippen molar-refractivity contribution in [3.05, 3.63) is 71.2 Å². The number of benzene rings is 2. The van der Waals surface area contributed by atoms with Gasteiger partial charge in [-0.05, 0) is 41.5 Å². The molecule has 0 saturated carbocycles. The van der Waals surface area contributed by atoms with Crippen LogP contribution in [-0.2, 0) is 17.5 Å². The Hall–Kier alpha value is -3.66. The van der Waals surface area contributed by atoms with Crippen molar-refractivity contribution in [3.63, 3.8) is 0 Å². The lowest BCUT2D eigenvalue weighted by Crippen LogP contribution is -2.36. The fourth-order valence-electron chi connectivity index (χ4n) is 4.06. The summed E-state index contributed by atoms with van der Waals surface area (Å²) in [7, 11) is 1.56. The van der Waals surface area contributed by atoms with E-state index in [1.54, 1.807) is 42.2 Å². The summed E-state index contributed by atoms with van der Waals surface area (Å²) in [5.41, 5.74) is 8.49. The Kier molecular flexibility index (Phi) is 4.55. The molecule has 1 aliphatic rings. The number of amides is 1. The van der Waals surface area contributed by atoms with Crippen molar-refractivity contribution >= 4 is 28.3 Å². The van der Waals surface area contributed by atoms with Crippen LogP contribution in [-0.4, -0.2) is 38.8 Å². The number of nitrogens with two attached hydrogens (primary N) is 1. The molecule has 1 aliphatic heterocycles. The number of nitrogen functional groups attached to an aromatic ring is 1. The first kappa shape index (κ1) is 20.3. The second-order valence-corrected chi connectivity index (χ2v) is 7.71. The molecule has 164 valence electrons. The van der Waals surface area contributed by atoms with Crippen LogP contribution < -0.4 is 5.73 Å². The Labute approximate surface area is 180 Å². The first-order valence-electron chi connectivity index (χ1n) is 9.80. The number of aromatic nitrogens is 3. The summed E-state index contributed by atoms with van der Waals surface area (Å²) in [6.45, 7) is 0.307. The lowest BCUT2D eigenvalue weighted by Gasteiger charge is -2.33. The maximum absolute atomic E-state index is 13.3. The van der Waals surface area contributed by atoms with Gasteiger partial charge in [0.2, 0.25) is 0 Å². The van der Waals surface area contributed by atoms with Crippen LogP contribution in [0.15, 0.2) is 48.9 Å². The molecule has 32 heavy (non-hydrogen) atoms. The van der Waals surface area contributed by atoms with Crippen LogP contribution in [0.2, 0.25) is 0 Å². The highest BCUT2D eigenvalue weighted by atomic mass is 19.4. The quantitative estimate of drug-likeness (QED) is 0.511. The SMILES string of the molecule is CN(C(=O)c1ccc2nc(N)c3cncn3c2c1)[C@@H]1COCc2ccc(C(F)(F)F)cc21. The summed E-state index contributed by atoms with van der Waals surface area (Å²) in [6, 6.07) is 7.87. The molecule has 0 unspecified atom stereocenters. The number of anilines is 1. The van der Waals surface area contributed by atoms with E-state index in [4.69, 9.17) is 10.5 Å². The second-order valence-electron chi connectivity index (χ2n) is 7.71. The summed E-state index contributed by atoms with van der Waals surface area (Å²) in [6.07, 6.45) is -1.31. The van der Waals surface area contributed by atoms with Crippen LogP contribution in [0.3, 0.4) is 0 Å². The molecule has 5 rings (SSSR count). The van der Waals surface area contributed by atoms with Gasteiger partial charge in [-0.25, -0.2) is 9.97 Å². The highest BCUT2D eigenvalue weighted by Crippen LogP contribution is 2.36. The fraction of sp³-hybridized carbons (Fsp3) is 0.227.